The van der Waals surface area contributed by atoms with Gasteiger partial charge in [-0.2, -0.15) is 17.5 Å². The maximum Gasteiger partial charge on any atom is 0.511 e. The van der Waals surface area contributed by atoms with Crippen LogP contribution in [0.3, 0.4) is 0 Å². The lowest BCUT2D eigenvalue weighted by Crippen LogP contribution is -2.47. The molecular formula is C18H33F3N4O2S. The predicted molar refractivity (Wildman–Crippen MR) is 104 cm³/mol. The van der Waals surface area contributed by atoms with Gasteiger partial charge in [-0.25, -0.2) is 8.42 Å². The first-order chi connectivity index (χ1) is 13.2. The highest BCUT2D eigenvalue weighted by Gasteiger charge is 2.50. The summed E-state index contributed by atoms with van der Waals surface area (Å²) in [5.41, 5.74) is -5.22. The van der Waals surface area contributed by atoms with Crippen LogP contribution in [0.25, 0.3) is 0 Å². The van der Waals surface area contributed by atoms with Crippen molar-refractivity contribution in [2.75, 3.05) is 33.2 Å². The number of piperidine rings is 1. The van der Waals surface area contributed by atoms with Gasteiger partial charge >= 0.3 is 15.5 Å². The van der Waals surface area contributed by atoms with Gasteiger partial charge in [-0.15, -0.1) is 0 Å². The number of alkyl halides is 3. The van der Waals surface area contributed by atoms with Crippen molar-refractivity contribution >= 4 is 16.0 Å². The van der Waals surface area contributed by atoms with Crippen molar-refractivity contribution < 1.29 is 21.6 Å². The van der Waals surface area contributed by atoms with Gasteiger partial charge in [0.05, 0.1) is 0 Å². The molecule has 0 aromatic rings. The molecule has 0 aromatic heterocycles. The van der Waals surface area contributed by atoms with Crippen LogP contribution in [-0.2, 0) is 10.0 Å². The third-order valence-corrected chi connectivity index (χ3v) is 7.72. The van der Waals surface area contributed by atoms with Crippen molar-refractivity contribution in [3.63, 3.8) is 0 Å². The van der Waals surface area contributed by atoms with Gasteiger partial charge < -0.3 is 10.6 Å². The Bertz CT molecular complexity index is 609. The van der Waals surface area contributed by atoms with E-state index in [1.165, 1.54) is 32.1 Å². The zero-order valence-electron chi connectivity index (χ0n) is 16.8. The predicted octanol–water partition coefficient (Wildman–Crippen LogP) is 2.93. The van der Waals surface area contributed by atoms with Gasteiger partial charge in [0.15, 0.2) is 5.96 Å². The van der Waals surface area contributed by atoms with Gasteiger partial charge in [0.1, 0.15) is 0 Å². The van der Waals surface area contributed by atoms with Crippen LogP contribution in [0.4, 0.5) is 13.2 Å². The third kappa shape index (κ3) is 6.23. The first-order valence-electron chi connectivity index (χ1n) is 10.2. The number of halogens is 3. The molecule has 28 heavy (non-hydrogen) atoms. The molecule has 0 radical (unpaired) electrons. The molecule has 1 aliphatic carbocycles. The molecule has 2 rings (SSSR count). The molecule has 1 saturated carbocycles. The van der Waals surface area contributed by atoms with Crippen LogP contribution < -0.4 is 10.6 Å². The molecule has 2 fully saturated rings. The third-order valence-electron chi connectivity index (χ3n) is 6.09. The summed E-state index contributed by atoms with van der Waals surface area (Å²) < 4.78 is 61.3. The highest BCUT2D eigenvalue weighted by molar-refractivity contribution is 7.90. The van der Waals surface area contributed by atoms with Gasteiger partial charge in [-0.3, -0.25) is 4.99 Å². The fourth-order valence-corrected chi connectivity index (χ4v) is 5.03. The molecule has 1 heterocycles. The molecule has 10 heteroatoms. The average molecular weight is 427 g/mol. The van der Waals surface area contributed by atoms with Crippen LogP contribution in [0.15, 0.2) is 4.99 Å². The van der Waals surface area contributed by atoms with E-state index in [0.717, 1.165) is 12.5 Å². The summed E-state index contributed by atoms with van der Waals surface area (Å²) in [7, 11) is -3.51. The van der Waals surface area contributed by atoms with Gasteiger partial charge in [-0.05, 0) is 43.4 Å². The fraction of sp³-hybridized carbons (Fsp3) is 0.944. The van der Waals surface area contributed by atoms with Gasteiger partial charge in [0.25, 0.3) is 0 Å². The molecule has 0 amide bonds. The van der Waals surface area contributed by atoms with E-state index in [-0.39, 0.29) is 19.0 Å². The van der Waals surface area contributed by atoms with Crippen LogP contribution in [0, 0.1) is 17.8 Å². The van der Waals surface area contributed by atoms with Gasteiger partial charge in [0.2, 0.25) is 0 Å². The summed E-state index contributed by atoms with van der Waals surface area (Å²) in [6.07, 6.45) is 7.10. The zero-order valence-corrected chi connectivity index (χ0v) is 17.6. The van der Waals surface area contributed by atoms with E-state index in [4.69, 9.17) is 0 Å². The summed E-state index contributed by atoms with van der Waals surface area (Å²) in [6.45, 7) is 3.50. The average Bonchev–Trinajstić information content (AvgIpc) is 2.68. The minimum absolute atomic E-state index is 0.0963. The van der Waals surface area contributed by atoms with E-state index in [2.05, 4.69) is 22.5 Å². The van der Waals surface area contributed by atoms with Gasteiger partial charge in [0, 0.05) is 33.2 Å². The van der Waals surface area contributed by atoms with Crippen molar-refractivity contribution in [3.8, 4) is 0 Å². The molecule has 2 aliphatic rings. The minimum atomic E-state index is -5.22. The first-order valence-corrected chi connectivity index (χ1v) is 11.6. The molecule has 1 aliphatic heterocycles. The molecule has 0 bridgehead atoms. The number of nitrogens with one attached hydrogen (secondary N) is 2. The second-order valence-electron chi connectivity index (χ2n) is 7.92. The maximum absolute atomic E-state index is 12.6. The van der Waals surface area contributed by atoms with Crippen molar-refractivity contribution in [2.24, 2.45) is 22.7 Å². The Morgan fingerprint density at radius 3 is 1.86 bits per heavy atom. The Morgan fingerprint density at radius 1 is 0.964 bits per heavy atom. The van der Waals surface area contributed by atoms with Crippen molar-refractivity contribution in [2.45, 2.75) is 57.4 Å². The highest BCUT2D eigenvalue weighted by Crippen LogP contribution is 2.31. The number of guanidine groups is 1. The number of nitrogens with zero attached hydrogens (tertiary/aromatic N) is 2. The van der Waals surface area contributed by atoms with E-state index < -0.39 is 15.5 Å². The largest absolute Gasteiger partial charge is 0.511 e. The SMILES string of the molecule is CCC1CCC(CNC(=NC)NCC2CCN(S(=O)(=O)C(F)(F)F)CC2)CC1. The van der Waals surface area contributed by atoms with Crippen molar-refractivity contribution in [1.29, 1.82) is 0 Å². The smallest absolute Gasteiger partial charge is 0.356 e. The molecular weight excluding hydrogens is 393 g/mol. The molecule has 6 nitrogen and oxygen atoms in total. The van der Waals surface area contributed by atoms with Crippen LogP contribution >= 0.6 is 0 Å². The van der Waals surface area contributed by atoms with E-state index in [0.29, 0.717) is 35.6 Å². The Hall–Kier alpha value is -1.03. The molecule has 1 saturated heterocycles. The van der Waals surface area contributed by atoms with Gasteiger partial charge in [-0.1, -0.05) is 26.2 Å². The normalized spacial score (nSPS) is 26.2. The Morgan fingerprint density at radius 2 is 1.43 bits per heavy atom. The van der Waals surface area contributed by atoms with Crippen LogP contribution in [0.1, 0.15) is 51.9 Å². The summed E-state index contributed by atoms with van der Waals surface area (Å²) in [6, 6.07) is 0. The second kappa shape index (κ2) is 10.1. The fourth-order valence-electron chi connectivity index (χ4n) is 4.05. The van der Waals surface area contributed by atoms with Crippen LogP contribution in [-0.4, -0.2) is 57.4 Å². The van der Waals surface area contributed by atoms with Crippen molar-refractivity contribution in [3.05, 3.63) is 0 Å². The Labute approximate surface area is 166 Å². The lowest BCUT2D eigenvalue weighted by molar-refractivity contribution is -0.0496. The summed E-state index contributed by atoms with van der Waals surface area (Å²) in [5, 5.41) is 6.58. The quantitative estimate of drug-likeness (QED) is 0.506. The molecule has 2 N–H and O–H groups in total. The zero-order chi connectivity index (χ0) is 20.8. The number of rotatable bonds is 6. The Kier molecular flexibility index (Phi) is 8.42. The van der Waals surface area contributed by atoms with Crippen molar-refractivity contribution in [1.82, 2.24) is 14.9 Å². The monoisotopic (exact) mass is 426 g/mol. The van der Waals surface area contributed by atoms with E-state index in [1.54, 1.807) is 7.05 Å². The topological polar surface area (TPSA) is 73.8 Å². The standard InChI is InChI=1S/C18H33F3N4O2S/c1-3-14-4-6-15(7-5-14)12-23-17(22-2)24-13-16-8-10-25(11-9-16)28(26,27)18(19,20)21/h14-16H,3-13H2,1-2H3,(H2,22,23,24). The Balaban J connectivity index is 1.69. The summed E-state index contributed by atoms with van der Waals surface area (Å²) in [5.74, 6) is 2.33. The molecule has 164 valence electrons. The molecule has 0 unspecified atom stereocenters. The summed E-state index contributed by atoms with van der Waals surface area (Å²) >= 11 is 0. The van der Waals surface area contributed by atoms with E-state index >= 15 is 0 Å². The minimum Gasteiger partial charge on any atom is -0.356 e. The number of hydrogen-bond donors (Lipinski definition) is 2. The first kappa shape index (κ1) is 23.3. The van der Waals surface area contributed by atoms with E-state index in [9.17, 15) is 21.6 Å². The lowest BCUT2D eigenvalue weighted by atomic mass is 9.81. The number of hydrogen-bond acceptors (Lipinski definition) is 3. The summed E-state index contributed by atoms with van der Waals surface area (Å²) in [4.78, 5) is 4.21. The maximum atomic E-state index is 12.6. The van der Waals surface area contributed by atoms with Crippen LogP contribution in [0.5, 0.6) is 0 Å². The highest BCUT2D eigenvalue weighted by atomic mass is 32.2. The number of aliphatic imine (C=N–C) groups is 1. The molecule has 0 aromatic carbocycles. The van der Waals surface area contributed by atoms with E-state index in [1.807, 2.05) is 0 Å². The molecule has 0 atom stereocenters. The molecule has 0 spiro atoms. The second-order valence-corrected chi connectivity index (χ2v) is 9.85. The lowest BCUT2D eigenvalue weighted by Gasteiger charge is -2.32. The number of sulfonamides is 1. The van der Waals surface area contributed by atoms with Crippen LogP contribution in [0.2, 0.25) is 0 Å².